The number of nitrogens with zero attached hydrogens (tertiary/aromatic N) is 1. The highest BCUT2D eigenvalue weighted by Gasteiger charge is 2.10. The molecule has 0 spiro atoms. The lowest BCUT2D eigenvalue weighted by molar-refractivity contribution is 0.559. The lowest BCUT2D eigenvalue weighted by Gasteiger charge is -1.89. The maximum absolute atomic E-state index is 5.17. The molecular formula is C7H7NOS. The van der Waals surface area contributed by atoms with Crippen LogP contribution in [0.4, 0.5) is 0 Å². The molecule has 0 saturated heterocycles. The van der Waals surface area contributed by atoms with Crippen LogP contribution in [0.5, 0.6) is 0 Å². The van der Waals surface area contributed by atoms with Gasteiger partial charge in [-0.1, -0.05) is 0 Å². The van der Waals surface area contributed by atoms with Crippen molar-refractivity contribution in [2.24, 2.45) is 4.99 Å². The first-order valence-corrected chi connectivity index (χ1v) is 4.16. The van der Waals surface area contributed by atoms with Gasteiger partial charge in [0.1, 0.15) is 5.04 Å². The van der Waals surface area contributed by atoms with E-state index in [1.54, 1.807) is 18.0 Å². The molecule has 2 rings (SSSR count). The summed E-state index contributed by atoms with van der Waals surface area (Å²) in [6, 6.07) is 3.83. The average molecular weight is 153 g/mol. The molecule has 0 radical (unpaired) electrons. The van der Waals surface area contributed by atoms with E-state index in [2.05, 4.69) is 4.99 Å². The molecule has 0 saturated carbocycles. The fourth-order valence-electron chi connectivity index (χ4n) is 0.884. The highest BCUT2D eigenvalue weighted by atomic mass is 32.2. The SMILES string of the molecule is c1coc(C2=NCCS2)c1. The summed E-state index contributed by atoms with van der Waals surface area (Å²) in [5.74, 6) is 2.00. The summed E-state index contributed by atoms with van der Waals surface area (Å²) in [5.41, 5.74) is 0. The largest absolute Gasteiger partial charge is 0.462 e. The fourth-order valence-corrected chi connectivity index (χ4v) is 1.70. The van der Waals surface area contributed by atoms with Gasteiger partial charge in [0.15, 0.2) is 5.76 Å². The van der Waals surface area contributed by atoms with E-state index in [0.717, 1.165) is 23.1 Å². The van der Waals surface area contributed by atoms with Gasteiger partial charge in [0.2, 0.25) is 0 Å². The molecule has 0 amide bonds. The van der Waals surface area contributed by atoms with Crippen molar-refractivity contribution in [1.29, 1.82) is 0 Å². The first kappa shape index (κ1) is 6.04. The van der Waals surface area contributed by atoms with E-state index in [4.69, 9.17) is 4.42 Å². The predicted octanol–water partition coefficient (Wildman–Crippen LogP) is 1.77. The molecule has 2 nitrogen and oxygen atoms in total. The van der Waals surface area contributed by atoms with Gasteiger partial charge in [0.25, 0.3) is 0 Å². The van der Waals surface area contributed by atoms with E-state index < -0.39 is 0 Å². The van der Waals surface area contributed by atoms with Gasteiger partial charge in [0, 0.05) is 12.3 Å². The Bertz CT molecular complexity index is 240. The van der Waals surface area contributed by atoms with Gasteiger partial charge in [-0.15, -0.1) is 11.8 Å². The average Bonchev–Trinajstić information content (AvgIpc) is 2.59. The lowest BCUT2D eigenvalue weighted by Crippen LogP contribution is -1.86. The molecule has 1 aromatic heterocycles. The summed E-state index contributed by atoms with van der Waals surface area (Å²) in [6.45, 7) is 0.931. The van der Waals surface area contributed by atoms with E-state index in [1.807, 2.05) is 12.1 Å². The first-order valence-electron chi connectivity index (χ1n) is 3.18. The number of aliphatic imine (C=N–C) groups is 1. The summed E-state index contributed by atoms with van der Waals surface area (Å²) in [4.78, 5) is 4.26. The molecule has 52 valence electrons. The van der Waals surface area contributed by atoms with E-state index in [1.165, 1.54) is 0 Å². The van der Waals surface area contributed by atoms with Gasteiger partial charge >= 0.3 is 0 Å². The molecule has 0 fully saturated rings. The maximum Gasteiger partial charge on any atom is 0.158 e. The highest BCUT2D eigenvalue weighted by molar-refractivity contribution is 8.14. The van der Waals surface area contributed by atoms with Crippen LogP contribution < -0.4 is 0 Å². The Hall–Kier alpha value is -0.700. The maximum atomic E-state index is 5.17. The lowest BCUT2D eigenvalue weighted by atomic mass is 10.5. The minimum atomic E-state index is 0.905. The zero-order chi connectivity index (χ0) is 6.81. The highest BCUT2D eigenvalue weighted by Crippen LogP contribution is 2.18. The molecule has 0 N–H and O–H groups in total. The van der Waals surface area contributed by atoms with Crippen LogP contribution in [0.3, 0.4) is 0 Å². The monoisotopic (exact) mass is 153 g/mol. The van der Waals surface area contributed by atoms with E-state index in [0.29, 0.717) is 0 Å². The van der Waals surface area contributed by atoms with Gasteiger partial charge in [0.05, 0.1) is 6.26 Å². The van der Waals surface area contributed by atoms with Crippen LogP contribution in [0.25, 0.3) is 0 Å². The van der Waals surface area contributed by atoms with Gasteiger partial charge in [-0.2, -0.15) is 0 Å². The van der Waals surface area contributed by atoms with Gasteiger partial charge < -0.3 is 4.42 Å². The van der Waals surface area contributed by atoms with Crippen LogP contribution in [0.2, 0.25) is 0 Å². The Morgan fingerprint density at radius 2 is 2.60 bits per heavy atom. The van der Waals surface area contributed by atoms with Gasteiger partial charge in [-0.25, -0.2) is 0 Å². The Labute approximate surface area is 63.3 Å². The van der Waals surface area contributed by atoms with Crippen molar-refractivity contribution >= 4 is 16.8 Å². The summed E-state index contributed by atoms with van der Waals surface area (Å²) in [7, 11) is 0. The normalized spacial score (nSPS) is 17.4. The number of rotatable bonds is 1. The first-order chi connectivity index (χ1) is 4.97. The zero-order valence-corrected chi connectivity index (χ0v) is 6.23. The van der Waals surface area contributed by atoms with Crippen LogP contribution in [-0.2, 0) is 0 Å². The Morgan fingerprint density at radius 1 is 1.60 bits per heavy atom. The molecular weight excluding hydrogens is 146 g/mol. The summed E-state index contributed by atoms with van der Waals surface area (Å²) in [6.07, 6.45) is 1.68. The van der Waals surface area contributed by atoms with Crippen LogP contribution in [0, 0.1) is 0 Å². The van der Waals surface area contributed by atoms with Crippen LogP contribution in [0.15, 0.2) is 27.8 Å². The van der Waals surface area contributed by atoms with Crippen molar-refractivity contribution in [2.75, 3.05) is 12.3 Å². The van der Waals surface area contributed by atoms with E-state index >= 15 is 0 Å². The third-order valence-electron chi connectivity index (χ3n) is 1.32. The third-order valence-corrected chi connectivity index (χ3v) is 2.31. The smallest absolute Gasteiger partial charge is 0.158 e. The Morgan fingerprint density at radius 3 is 3.20 bits per heavy atom. The standard InChI is InChI=1S/C7H7NOS/c1-2-6(9-4-1)7-8-3-5-10-7/h1-2,4H,3,5H2. The number of thioether (sulfide) groups is 1. The van der Waals surface area contributed by atoms with Crippen molar-refractivity contribution in [3.8, 4) is 0 Å². The number of hydrogen-bond donors (Lipinski definition) is 0. The molecule has 0 aromatic carbocycles. The van der Waals surface area contributed by atoms with Crippen molar-refractivity contribution in [3.05, 3.63) is 24.2 Å². The topological polar surface area (TPSA) is 25.5 Å². The fraction of sp³-hybridized carbons (Fsp3) is 0.286. The molecule has 1 aliphatic heterocycles. The van der Waals surface area contributed by atoms with Crippen molar-refractivity contribution in [2.45, 2.75) is 0 Å². The van der Waals surface area contributed by atoms with Crippen molar-refractivity contribution in [1.82, 2.24) is 0 Å². The predicted molar refractivity (Wildman–Crippen MR) is 42.6 cm³/mol. The minimum Gasteiger partial charge on any atom is -0.462 e. The molecule has 0 unspecified atom stereocenters. The molecule has 1 aliphatic rings. The second-order valence-corrected chi connectivity index (χ2v) is 3.10. The second-order valence-electron chi connectivity index (χ2n) is 2.01. The Kier molecular flexibility index (Phi) is 1.51. The van der Waals surface area contributed by atoms with Crippen LogP contribution in [0.1, 0.15) is 5.76 Å². The molecule has 0 aliphatic carbocycles. The molecule has 1 aromatic rings. The summed E-state index contributed by atoms with van der Waals surface area (Å²) in [5, 5.41) is 1.05. The molecule has 0 atom stereocenters. The molecule has 2 heterocycles. The van der Waals surface area contributed by atoms with Gasteiger partial charge in [-0.3, -0.25) is 4.99 Å². The second kappa shape index (κ2) is 2.50. The quantitative estimate of drug-likeness (QED) is 0.614. The van der Waals surface area contributed by atoms with E-state index in [9.17, 15) is 0 Å². The van der Waals surface area contributed by atoms with E-state index in [-0.39, 0.29) is 0 Å². The third kappa shape index (κ3) is 0.968. The molecule has 0 bridgehead atoms. The summed E-state index contributed by atoms with van der Waals surface area (Å²) < 4.78 is 5.17. The summed E-state index contributed by atoms with van der Waals surface area (Å²) >= 11 is 1.76. The Balaban J connectivity index is 2.28. The molecule has 10 heavy (non-hydrogen) atoms. The van der Waals surface area contributed by atoms with Crippen LogP contribution >= 0.6 is 11.8 Å². The minimum absolute atomic E-state index is 0.905. The van der Waals surface area contributed by atoms with Crippen molar-refractivity contribution < 1.29 is 4.42 Å². The number of furan rings is 1. The number of hydrogen-bond acceptors (Lipinski definition) is 3. The zero-order valence-electron chi connectivity index (χ0n) is 5.41. The van der Waals surface area contributed by atoms with Gasteiger partial charge in [-0.05, 0) is 12.1 Å². The molecule has 3 heteroatoms. The van der Waals surface area contributed by atoms with Crippen LogP contribution in [-0.4, -0.2) is 17.3 Å². The van der Waals surface area contributed by atoms with Crippen molar-refractivity contribution in [3.63, 3.8) is 0 Å².